The number of carbonyl (C=O) groups excluding carboxylic acids is 1. The van der Waals surface area contributed by atoms with Crippen LogP contribution in [0.1, 0.15) is 68.1 Å². The maximum atomic E-state index is 13.3. The van der Waals surface area contributed by atoms with Gasteiger partial charge in [-0.3, -0.25) is 4.79 Å². The quantitative estimate of drug-likeness (QED) is 0.452. The van der Waals surface area contributed by atoms with E-state index in [0.29, 0.717) is 60.0 Å². The highest BCUT2D eigenvalue weighted by Gasteiger charge is 2.59. The van der Waals surface area contributed by atoms with Crippen molar-refractivity contribution in [2.75, 3.05) is 18.4 Å². The fourth-order valence-electron chi connectivity index (χ4n) is 6.12. The Hall–Kier alpha value is -3.53. The molecule has 3 aromatic heterocycles. The monoisotopic (exact) mass is 530 g/mol. The second-order valence-electron chi connectivity index (χ2n) is 12.0. The van der Waals surface area contributed by atoms with Crippen molar-refractivity contribution in [3.8, 4) is 11.8 Å². The van der Waals surface area contributed by atoms with Gasteiger partial charge in [-0.1, -0.05) is 12.8 Å². The van der Waals surface area contributed by atoms with E-state index >= 15 is 0 Å². The predicted octanol–water partition coefficient (Wildman–Crippen LogP) is 3.70. The molecule has 3 aliphatic rings. The number of pyridine rings is 1. The number of ether oxygens (including phenoxy) is 1. The van der Waals surface area contributed by atoms with E-state index in [9.17, 15) is 4.79 Å². The van der Waals surface area contributed by atoms with E-state index in [2.05, 4.69) is 33.4 Å². The zero-order chi connectivity index (χ0) is 27.3. The number of amides is 1. The Morgan fingerprint density at radius 3 is 2.51 bits per heavy atom. The molecular weight excluding hydrogens is 492 g/mol. The van der Waals surface area contributed by atoms with Gasteiger partial charge in [-0.15, -0.1) is 0 Å². The molecule has 0 aromatic carbocycles. The van der Waals surface area contributed by atoms with E-state index in [1.807, 2.05) is 31.7 Å². The maximum absolute atomic E-state index is 13.3. The molecule has 206 valence electrons. The highest BCUT2D eigenvalue weighted by atomic mass is 16.5. The molecule has 1 aliphatic heterocycles. The lowest BCUT2D eigenvalue weighted by molar-refractivity contribution is 0.0751. The maximum Gasteiger partial charge on any atom is 0.257 e. The van der Waals surface area contributed by atoms with Crippen molar-refractivity contribution in [2.45, 2.75) is 71.1 Å². The number of anilines is 1. The topological polar surface area (TPSA) is 124 Å². The van der Waals surface area contributed by atoms with Crippen molar-refractivity contribution in [1.82, 2.24) is 29.6 Å². The molecule has 3 unspecified atom stereocenters. The summed E-state index contributed by atoms with van der Waals surface area (Å²) in [6, 6.07) is 6.11. The lowest BCUT2D eigenvalue weighted by Crippen LogP contribution is -2.33. The Bertz CT molecular complexity index is 1330. The molecule has 4 atom stereocenters. The summed E-state index contributed by atoms with van der Waals surface area (Å²) in [5, 5.41) is 8.07. The zero-order valence-corrected chi connectivity index (χ0v) is 23.2. The van der Waals surface area contributed by atoms with Gasteiger partial charge < -0.3 is 20.7 Å². The summed E-state index contributed by atoms with van der Waals surface area (Å²) in [6.07, 6.45) is 10.2. The first-order valence-corrected chi connectivity index (χ1v) is 14.0. The van der Waals surface area contributed by atoms with Crippen LogP contribution >= 0.6 is 0 Å². The largest absolute Gasteiger partial charge is 0.474 e. The van der Waals surface area contributed by atoms with Crippen LogP contribution in [0.2, 0.25) is 0 Å². The molecule has 3 aromatic rings. The van der Waals surface area contributed by atoms with Gasteiger partial charge in [0, 0.05) is 61.2 Å². The van der Waals surface area contributed by atoms with Gasteiger partial charge >= 0.3 is 0 Å². The lowest BCUT2D eigenvalue weighted by Gasteiger charge is -2.25. The van der Waals surface area contributed by atoms with Crippen LogP contribution in [-0.4, -0.2) is 60.8 Å². The highest BCUT2D eigenvalue weighted by Crippen LogP contribution is 2.48. The van der Waals surface area contributed by atoms with E-state index in [4.69, 9.17) is 15.5 Å². The van der Waals surface area contributed by atoms with E-state index in [-0.39, 0.29) is 12.0 Å². The van der Waals surface area contributed by atoms with Gasteiger partial charge in [-0.05, 0) is 64.2 Å². The third-order valence-corrected chi connectivity index (χ3v) is 8.57. The number of hydrogen-bond donors (Lipinski definition) is 2. The van der Waals surface area contributed by atoms with Crippen molar-refractivity contribution in [2.24, 2.45) is 23.5 Å². The molecule has 0 radical (unpaired) electrons. The second kappa shape index (κ2) is 9.89. The van der Waals surface area contributed by atoms with E-state index < -0.39 is 5.54 Å². The normalized spacial score (nSPS) is 23.5. The Morgan fingerprint density at radius 2 is 1.85 bits per heavy atom. The number of piperidine rings is 1. The average Bonchev–Trinajstić information content (AvgIpc) is 3.43. The Labute approximate surface area is 229 Å². The summed E-state index contributed by atoms with van der Waals surface area (Å²) in [4.78, 5) is 28.5. The smallest absolute Gasteiger partial charge is 0.257 e. The van der Waals surface area contributed by atoms with Crippen LogP contribution in [0.15, 0.2) is 36.8 Å². The van der Waals surface area contributed by atoms with Gasteiger partial charge in [0.2, 0.25) is 11.8 Å². The van der Waals surface area contributed by atoms with Gasteiger partial charge in [0.05, 0.1) is 11.3 Å². The molecule has 1 amide bonds. The standard InChI is InChI=1S/C29H38N8O2/c1-17(19-8-5-6-9-19)33-24-12-20(29(3,4)30)13-25(34-24)39-26-22-14-36(15-23(22)26)27(38)21-16-37(35-18(21)2)28-31-10-7-11-32-28/h7,10-13,16-17,19,22-23,26H,5-6,8-9,14-15,30H2,1-4H3,(H,33,34)/t17?,22-,23?,26?/m1/s1. The van der Waals surface area contributed by atoms with Crippen LogP contribution in [-0.2, 0) is 5.54 Å². The molecule has 10 nitrogen and oxygen atoms in total. The third kappa shape index (κ3) is 5.22. The number of hydrogen-bond acceptors (Lipinski definition) is 8. The molecule has 0 spiro atoms. The molecule has 10 heteroatoms. The number of aromatic nitrogens is 5. The fourth-order valence-corrected chi connectivity index (χ4v) is 6.12. The number of likely N-dealkylation sites (tertiary alicyclic amines) is 1. The number of aryl methyl sites for hydroxylation is 1. The average molecular weight is 531 g/mol. The Morgan fingerprint density at radius 1 is 1.15 bits per heavy atom. The van der Waals surface area contributed by atoms with Crippen LogP contribution in [0.3, 0.4) is 0 Å². The zero-order valence-electron chi connectivity index (χ0n) is 23.2. The van der Waals surface area contributed by atoms with Crippen LogP contribution in [0.25, 0.3) is 5.95 Å². The Balaban J connectivity index is 1.11. The number of fused-ring (bicyclic) bond motifs is 1. The molecular formula is C29H38N8O2. The molecule has 1 saturated heterocycles. The highest BCUT2D eigenvalue weighted by molar-refractivity contribution is 5.95. The van der Waals surface area contributed by atoms with Gasteiger partial charge in [0.1, 0.15) is 11.9 Å². The van der Waals surface area contributed by atoms with E-state index in [1.54, 1.807) is 29.3 Å². The van der Waals surface area contributed by atoms with Crippen molar-refractivity contribution in [3.63, 3.8) is 0 Å². The summed E-state index contributed by atoms with van der Waals surface area (Å²) < 4.78 is 7.98. The second-order valence-corrected chi connectivity index (χ2v) is 12.0. The van der Waals surface area contributed by atoms with Crippen molar-refractivity contribution in [1.29, 1.82) is 0 Å². The minimum atomic E-state index is -0.510. The first-order valence-electron chi connectivity index (χ1n) is 14.0. The number of nitrogens with one attached hydrogen (secondary N) is 1. The molecule has 6 rings (SSSR count). The van der Waals surface area contributed by atoms with E-state index in [0.717, 1.165) is 11.4 Å². The summed E-state index contributed by atoms with van der Waals surface area (Å²) in [7, 11) is 0. The first kappa shape index (κ1) is 25.7. The van der Waals surface area contributed by atoms with Gasteiger partial charge in [0.25, 0.3) is 5.91 Å². The van der Waals surface area contributed by atoms with Crippen molar-refractivity contribution >= 4 is 11.7 Å². The summed E-state index contributed by atoms with van der Waals surface area (Å²) in [6.45, 7) is 9.40. The first-order chi connectivity index (χ1) is 18.7. The van der Waals surface area contributed by atoms with E-state index in [1.165, 1.54) is 25.7 Å². The number of rotatable bonds is 8. The molecule has 39 heavy (non-hydrogen) atoms. The summed E-state index contributed by atoms with van der Waals surface area (Å²) >= 11 is 0. The van der Waals surface area contributed by atoms with Crippen LogP contribution < -0.4 is 15.8 Å². The van der Waals surface area contributed by atoms with Crippen molar-refractivity contribution in [3.05, 3.63) is 53.6 Å². The van der Waals surface area contributed by atoms with Crippen LogP contribution in [0, 0.1) is 24.7 Å². The molecule has 2 saturated carbocycles. The third-order valence-electron chi connectivity index (χ3n) is 8.57. The molecule has 2 aliphatic carbocycles. The fraction of sp³-hybridized carbons (Fsp3) is 0.552. The number of carbonyl (C=O) groups is 1. The Kier molecular flexibility index (Phi) is 6.53. The van der Waals surface area contributed by atoms with Gasteiger partial charge in [-0.25, -0.2) is 14.6 Å². The van der Waals surface area contributed by atoms with Gasteiger partial charge in [-0.2, -0.15) is 10.1 Å². The lowest BCUT2D eigenvalue weighted by atomic mass is 9.96. The molecule has 3 N–H and O–H groups in total. The van der Waals surface area contributed by atoms with Gasteiger partial charge in [0.15, 0.2) is 0 Å². The van der Waals surface area contributed by atoms with Crippen molar-refractivity contribution < 1.29 is 9.53 Å². The SMILES string of the molecule is Cc1nn(-c2ncccn2)cc1C(=O)N1CC2C(Oc3cc(C(C)(C)N)cc(NC(C)C4CCCC4)n3)[C@@H]2C1. The summed E-state index contributed by atoms with van der Waals surface area (Å²) in [5.74, 6) is 3.12. The van der Waals surface area contributed by atoms with Crippen LogP contribution in [0.5, 0.6) is 5.88 Å². The summed E-state index contributed by atoms with van der Waals surface area (Å²) in [5.41, 5.74) is 8.20. The minimum Gasteiger partial charge on any atom is -0.474 e. The minimum absolute atomic E-state index is 0.0157. The molecule has 3 fully saturated rings. The predicted molar refractivity (Wildman–Crippen MR) is 148 cm³/mol. The number of nitrogens with zero attached hydrogens (tertiary/aromatic N) is 6. The number of nitrogens with two attached hydrogens (primary N) is 1. The molecule has 0 bridgehead atoms. The molecule has 4 heterocycles. The van der Waals surface area contributed by atoms with Crippen LogP contribution in [0.4, 0.5) is 5.82 Å².